The lowest BCUT2D eigenvalue weighted by Crippen LogP contribution is -2.18. The zero-order valence-corrected chi connectivity index (χ0v) is 14.6. The molecule has 2 nitrogen and oxygen atoms in total. The molecule has 0 aliphatic rings. The summed E-state index contributed by atoms with van der Waals surface area (Å²) in [7, 11) is 0. The van der Waals surface area contributed by atoms with Crippen LogP contribution in [0.15, 0.2) is 0 Å². The molecule has 0 saturated heterocycles. The van der Waals surface area contributed by atoms with Gasteiger partial charge in [-0.15, -0.1) is 0 Å². The van der Waals surface area contributed by atoms with Gasteiger partial charge in [0.1, 0.15) is 0 Å². The van der Waals surface area contributed by atoms with Gasteiger partial charge in [-0.2, -0.15) is 0 Å². The summed E-state index contributed by atoms with van der Waals surface area (Å²) in [4.78, 5) is 0. The van der Waals surface area contributed by atoms with Gasteiger partial charge >= 0.3 is 0 Å². The Morgan fingerprint density at radius 1 is 0.722 bits per heavy atom. The van der Waals surface area contributed by atoms with Crippen LogP contribution in [0.5, 0.6) is 0 Å². The first-order valence-electron chi connectivity index (χ1n) is 8.20. The zero-order chi connectivity index (χ0) is 15.1. The molecule has 0 aromatic heterocycles. The van der Waals surface area contributed by atoms with Crippen LogP contribution in [0.2, 0.25) is 0 Å². The van der Waals surface area contributed by atoms with Crippen molar-refractivity contribution in [3.63, 3.8) is 0 Å². The van der Waals surface area contributed by atoms with E-state index in [1.807, 2.05) is 48.5 Å². The minimum absolute atomic E-state index is 0.843. The molecule has 116 valence electrons. The normalized spacial score (nSPS) is 8.00. The molecule has 0 heterocycles. The molecule has 0 aromatic carbocycles. The standard InChI is InChI=1S/C10H23NO.3C2H6/c1-3-5-6-8-11-9-7-10-12-4-2;3*1-2/h11H,3-10H2,1-2H3;3*1-2H3. The molecule has 0 bridgehead atoms. The highest BCUT2D eigenvalue weighted by molar-refractivity contribution is 4.47. The first-order chi connectivity index (χ1) is 8.91. The fraction of sp³-hybridized carbons (Fsp3) is 1.00. The van der Waals surface area contributed by atoms with Crippen molar-refractivity contribution in [2.24, 2.45) is 0 Å². The van der Waals surface area contributed by atoms with Crippen molar-refractivity contribution in [2.75, 3.05) is 26.3 Å². The second-order valence-corrected chi connectivity index (χ2v) is 3.01. The van der Waals surface area contributed by atoms with Crippen molar-refractivity contribution in [3.8, 4) is 0 Å². The summed E-state index contributed by atoms with van der Waals surface area (Å²) in [6.45, 7) is 20.3. The van der Waals surface area contributed by atoms with Gasteiger partial charge in [0.05, 0.1) is 0 Å². The predicted octanol–water partition coefficient (Wildman–Crippen LogP) is 5.27. The van der Waals surface area contributed by atoms with Crippen molar-refractivity contribution in [3.05, 3.63) is 0 Å². The van der Waals surface area contributed by atoms with Crippen molar-refractivity contribution in [1.82, 2.24) is 5.32 Å². The Hall–Kier alpha value is -0.0800. The van der Waals surface area contributed by atoms with Gasteiger partial charge in [-0.3, -0.25) is 0 Å². The van der Waals surface area contributed by atoms with Crippen LogP contribution in [-0.2, 0) is 4.74 Å². The quantitative estimate of drug-likeness (QED) is 0.572. The Bertz CT molecular complexity index is 67.5. The third kappa shape index (κ3) is 44.5. The Morgan fingerprint density at radius 3 is 1.67 bits per heavy atom. The largest absolute Gasteiger partial charge is 0.382 e. The molecule has 1 N–H and O–H groups in total. The highest BCUT2D eigenvalue weighted by Gasteiger charge is 1.88. The molecular formula is C16H41NO. The van der Waals surface area contributed by atoms with E-state index in [4.69, 9.17) is 4.74 Å². The van der Waals surface area contributed by atoms with Crippen LogP contribution in [0.1, 0.15) is 81.1 Å². The van der Waals surface area contributed by atoms with Crippen molar-refractivity contribution in [1.29, 1.82) is 0 Å². The molecule has 0 aliphatic carbocycles. The summed E-state index contributed by atoms with van der Waals surface area (Å²) in [5, 5.41) is 3.40. The summed E-state index contributed by atoms with van der Waals surface area (Å²) in [6, 6.07) is 0. The summed E-state index contributed by atoms with van der Waals surface area (Å²) in [5.74, 6) is 0. The fourth-order valence-electron chi connectivity index (χ4n) is 1.07. The second-order valence-electron chi connectivity index (χ2n) is 3.01. The molecule has 0 atom stereocenters. The molecule has 0 fully saturated rings. The van der Waals surface area contributed by atoms with E-state index in [9.17, 15) is 0 Å². The Morgan fingerprint density at radius 2 is 1.22 bits per heavy atom. The lowest BCUT2D eigenvalue weighted by molar-refractivity contribution is 0.145. The van der Waals surface area contributed by atoms with Crippen molar-refractivity contribution in [2.45, 2.75) is 81.1 Å². The van der Waals surface area contributed by atoms with Gasteiger partial charge in [-0.1, -0.05) is 61.3 Å². The van der Waals surface area contributed by atoms with Crippen LogP contribution in [0.4, 0.5) is 0 Å². The van der Waals surface area contributed by atoms with Gasteiger partial charge in [-0.05, 0) is 32.9 Å². The minimum Gasteiger partial charge on any atom is -0.382 e. The lowest BCUT2D eigenvalue weighted by atomic mass is 10.2. The van der Waals surface area contributed by atoms with Gasteiger partial charge in [-0.25, -0.2) is 0 Å². The van der Waals surface area contributed by atoms with E-state index in [1.54, 1.807) is 0 Å². The molecule has 0 spiro atoms. The van der Waals surface area contributed by atoms with E-state index in [2.05, 4.69) is 12.2 Å². The minimum atomic E-state index is 0.843. The average Bonchev–Trinajstić information content (AvgIpc) is 2.48. The molecule has 0 aromatic rings. The van der Waals surface area contributed by atoms with E-state index < -0.39 is 0 Å². The first-order valence-corrected chi connectivity index (χ1v) is 8.20. The van der Waals surface area contributed by atoms with Crippen LogP contribution in [0.25, 0.3) is 0 Å². The number of hydrogen-bond donors (Lipinski definition) is 1. The predicted molar refractivity (Wildman–Crippen MR) is 87.5 cm³/mol. The van der Waals surface area contributed by atoms with Crippen molar-refractivity contribution >= 4 is 0 Å². The fourth-order valence-corrected chi connectivity index (χ4v) is 1.07. The summed E-state index contributed by atoms with van der Waals surface area (Å²) >= 11 is 0. The topological polar surface area (TPSA) is 21.3 Å². The molecule has 0 amide bonds. The van der Waals surface area contributed by atoms with E-state index >= 15 is 0 Å². The number of ether oxygens (including phenoxy) is 1. The van der Waals surface area contributed by atoms with Gasteiger partial charge < -0.3 is 10.1 Å². The third-order valence-electron chi connectivity index (χ3n) is 1.80. The maximum atomic E-state index is 5.22. The summed E-state index contributed by atoms with van der Waals surface area (Å²) in [6.07, 6.45) is 5.10. The van der Waals surface area contributed by atoms with E-state index in [0.29, 0.717) is 0 Å². The number of unbranched alkanes of at least 4 members (excludes halogenated alkanes) is 2. The second kappa shape index (κ2) is 43.6. The maximum absolute atomic E-state index is 5.22. The van der Waals surface area contributed by atoms with Crippen LogP contribution < -0.4 is 5.32 Å². The van der Waals surface area contributed by atoms with Crippen LogP contribution in [0, 0.1) is 0 Å². The average molecular weight is 264 g/mol. The Labute approximate surface area is 118 Å². The van der Waals surface area contributed by atoms with E-state index in [-0.39, 0.29) is 0 Å². The van der Waals surface area contributed by atoms with Gasteiger partial charge in [0.15, 0.2) is 0 Å². The van der Waals surface area contributed by atoms with Crippen molar-refractivity contribution < 1.29 is 4.74 Å². The molecule has 0 radical (unpaired) electrons. The first kappa shape index (κ1) is 26.5. The number of hydrogen-bond acceptors (Lipinski definition) is 2. The number of rotatable bonds is 9. The highest BCUT2D eigenvalue weighted by atomic mass is 16.5. The van der Waals surface area contributed by atoms with Crippen LogP contribution in [0.3, 0.4) is 0 Å². The summed E-state index contributed by atoms with van der Waals surface area (Å²) < 4.78 is 5.22. The maximum Gasteiger partial charge on any atom is 0.0477 e. The molecule has 0 aliphatic heterocycles. The smallest absolute Gasteiger partial charge is 0.0477 e. The molecule has 18 heavy (non-hydrogen) atoms. The van der Waals surface area contributed by atoms with Gasteiger partial charge in [0, 0.05) is 13.2 Å². The summed E-state index contributed by atoms with van der Waals surface area (Å²) in [5.41, 5.74) is 0. The van der Waals surface area contributed by atoms with Crippen LogP contribution in [-0.4, -0.2) is 26.3 Å². The Balaban J connectivity index is -0.000000141. The highest BCUT2D eigenvalue weighted by Crippen LogP contribution is 1.90. The SMILES string of the molecule is CC.CC.CC.CCCCCNCCCOCC. The van der Waals surface area contributed by atoms with Crippen LogP contribution >= 0.6 is 0 Å². The molecule has 0 saturated carbocycles. The van der Waals surface area contributed by atoms with E-state index in [0.717, 1.165) is 26.2 Å². The third-order valence-corrected chi connectivity index (χ3v) is 1.80. The van der Waals surface area contributed by atoms with E-state index in [1.165, 1.54) is 25.8 Å². The van der Waals surface area contributed by atoms with Gasteiger partial charge in [0.2, 0.25) is 0 Å². The Kier molecular flexibility index (Phi) is 64.1. The molecular weight excluding hydrogens is 222 g/mol. The zero-order valence-electron chi connectivity index (χ0n) is 14.6. The molecule has 0 rings (SSSR count). The molecule has 2 heteroatoms. The monoisotopic (exact) mass is 263 g/mol. The molecule has 0 unspecified atom stereocenters. The number of nitrogens with one attached hydrogen (secondary N) is 1. The van der Waals surface area contributed by atoms with Gasteiger partial charge in [0.25, 0.3) is 0 Å². The lowest BCUT2D eigenvalue weighted by Gasteiger charge is -2.03.